The van der Waals surface area contributed by atoms with E-state index in [1.54, 1.807) is 18.2 Å². The zero-order chi connectivity index (χ0) is 17.4. The van der Waals surface area contributed by atoms with Crippen LogP contribution in [0.1, 0.15) is 12.8 Å². The number of para-hydroxylation sites is 1. The van der Waals surface area contributed by atoms with Gasteiger partial charge in [0.05, 0.1) is 22.5 Å². The van der Waals surface area contributed by atoms with Crippen LogP contribution in [0.15, 0.2) is 60.7 Å². The van der Waals surface area contributed by atoms with Crippen LogP contribution in [-0.2, 0) is 9.59 Å². The molecule has 2 aromatic rings. The van der Waals surface area contributed by atoms with Gasteiger partial charge in [0.1, 0.15) is 11.5 Å². The summed E-state index contributed by atoms with van der Waals surface area (Å²) in [7, 11) is 0. The smallest absolute Gasteiger partial charge is 0.238 e. The maximum Gasteiger partial charge on any atom is 0.238 e. The predicted octanol–water partition coefficient (Wildman–Crippen LogP) is 4.59. The zero-order valence-electron chi connectivity index (χ0n) is 13.4. The summed E-state index contributed by atoms with van der Waals surface area (Å²) in [5.41, 5.74) is 0.495. The van der Waals surface area contributed by atoms with Crippen molar-refractivity contribution in [3.05, 3.63) is 65.7 Å². The van der Waals surface area contributed by atoms with E-state index >= 15 is 0 Å². The number of ether oxygens (including phenoxy) is 1. The molecule has 4 rings (SSSR count). The molecule has 1 fully saturated rings. The van der Waals surface area contributed by atoms with Crippen LogP contribution < -0.4 is 9.64 Å². The molecule has 2 amide bonds. The van der Waals surface area contributed by atoms with Gasteiger partial charge in [-0.25, -0.2) is 4.90 Å². The number of amides is 2. The first kappa shape index (κ1) is 15.9. The molecular formula is C20H16ClNO3. The Morgan fingerprint density at radius 3 is 2.16 bits per heavy atom. The number of nitrogens with zero attached hydrogens (tertiary/aromatic N) is 1. The summed E-state index contributed by atoms with van der Waals surface area (Å²) in [6.45, 7) is 0. The average Bonchev–Trinajstić information content (AvgIpc) is 2.89. The van der Waals surface area contributed by atoms with Gasteiger partial charge in [-0.05, 0) is 43.2 Å². The van der Waals surface area contributed by atoms with Gasteiger partial charge in [-0.2, -0.15) is 0 Å². The molecule has 0 spiro atoms. The monoisotopic (exact) mass is 353 g/mol. The number of hydrogen-bond donors (Lipinski definition) is 0. The number of carbonyl (C=O) groups excluding carboxylic acids is 2. The van der Waals surface area contributed by atoms with E-state index in [9.17, 15) is 9.59 Å². The molecule has 2 aromatic carbocycles. The lowest BCUT2D eigenvalue weighted by molar-refractivity contribution is -0.122. The van der Waals surface area contributed by atoms with Crippen molar-refractivity contribution >= 4 is 29.1 Å². The topological polar surface area (TPSA) is 46.6 Å². The van der Waals surface area contributed by atoms with Crippen LogP contribution in [0.4, 0.5) is 5.69 Å². The summed E-state index contributed by atoms with van der Waals surface area (Å²) in [5, 5.41) is 0.356. The Kier molecular flexibility index (Phi) is 4.06. The van der Waals surface area contributed by atoms with Gasteiger partial charge in [0, 0.05) is 0 Å². The number of rotatable bonds is 3. The highest BCUT2D eigenvalue weighted by Gasteiger charge is 2.47. The molecule has 4 nitrogen and oxygen atoms in total. The summed E-state index contributed by atoms with van der Waals surface area (Å²) >= 11 is 6.32. The van der Waals surface area contributed by atoms with Crippen LogP contribution in [0.25, 0.3) is 0 Å². The van der Waals surface area contributed by atoms with Crippen molar-refractivity contribution in [2.24, 2.45) is 11.8 Å². The maximum absolute atomic E-state index is 12.6. The van der Waals surface area contributed by atoms with E-state index in [2.05, 4.69) is 0 Å². The fraction of sp³-hybridized carbons (Fsp3) is 0.200. The van der Waals surface area contributed by atoms with Gasteiger partial charge in [0.15, 0.2) is 0 Å². The highest BCUT2D eigenvalue weighted by Crippen LogP contribution is 2.40. The summed E-state index contributed by atoms with van der Waals surface area (Å²) in [5.74, 6) is 0.352. The Labute approximate surface area is 150 Å². The van der Waals surface area contributed by atoms with Gasteiger partial charge in [-0.3, -0.25) is 9.59 Å². The molecule has 1 saturated heterocycles. The van der Waals surface area contributed by atoms with Crippen molar-refractivity contribution in [2.45, 2.75) is 12.8 Å². The number of allylic oxidation sites excluding steroid dienone is 2. The third-order valence-corrected chi connectivity index (χ3v) is 4.95. The quantitative estimate of drug-likeness (QED) is 0.599. The lowest BCUT2D eigenvalue weighted by Crippen LogP contribution is -2.30. The van der Waals surface area contributed by atoms with Crippen LogP contribution in [0, 0.1) is 11.8 Å². The average molecular weight is 354 g/mol. The van der Waals surface area contributed by atoms with E-state index < -0.39 is 0 Å². The fourth-order valence-corrected chi connectivity index (χ4v) is 3.60. The van der Waals surface area contributed by atoms with Crippen LogP contribution in [0.2, 0.25) is 5.02 Å². The summed E-state index contributed by atoms with van der Waals surface area (Å²) in [6, 6.07) is 14.3. The van der Waals surface area contributed by atoms with Crippen LogP contribution in [-0.4, -0.2) is 11.8 Å². The number of benzene rings is 2. The second-order valence-corrected chi connectivity index (χ2v) is 6.60. The molecule has 5 heteroatoms. The SMILES string of the molecule is O=C1C2CC=CCC2C(=O)N1c1ccc(Oc2ccccc2)c(Cl)c1. The second kappa shape index (κ2) is 6.37. The minimum atomic E-state index is -0.253. The van der Waals surface area contributed by atoms with Crippen molar-refractivity contribution in [1.82, 2.24) is 0 Å². The molecule has 1 heterocycles. The van der Waals surface area contributed by atoms with Crippen molar-refractivity contribution < 1.29 is 14.3 Å². The molecule has 126 valence electrons. The highest BCUT2D eigenvalue weighted by molar-refractivity contribution is 6.33. The second-order valence-electron chi connectivity index (χ2n) is 6.20. The Balaban J connectivity index is 1.60. The summed E-state index contributed by atoms with van der Waals surface area (Å²) < 4.78 is 5.74. The Morgan fingerprint density at radius 1 is 0.920 bits per heavy atom. The first-order valence-corrected chi connectivity index (χ1v) is 8.58. The summed E-state index contributed by atoms with van der Waals surface area (Å²) in [6.07, 6.45) is 5.18. The molecule has 25 heavy (non-hydrogen) atoms. The molecule has 1 aliphatic heterocycles. The van der Waals surface area contributed by atoms with E-state index in [4.69, 9.17) is 16.3 Å². The predicted molar refractivity (Wildman–Crippen MR) is 95.8 cm³/mol. The first-order valence-electron chi connectivity index (χ1n) is 8.20. The zero-order valence-corrected chi connectivity index (χ0v) is 14.1. The lowest BCUT2D eigenvalue weighted by atomic mass is 9.85. The molecule has 2 aliphatic rings. The standard InChI is InChI=1S/C20H16ClNO3/c21-17-12-13(10-11-18(17)25-14-6-2-1-3-7-14)22-19(23)15-8-4-5-9-16(15)20(22)24/h1-7,10-12,15-16H,8-9H2. The molecular weight excluding hydrogens is 338 g/mol. The molecule has 0 aromatic heterocycles. The minimum absolute atomic E-state index is 0.146. The maximum atomic E-state index is 12.6. The molecule has 0 radical (unpaired) electrons. The van der Waals surface area contributed by atoms with Gasteiger partial charge in [-0.15, -0.1) is 0 Å². The molecule has 2 unspecified atom stereocenters. The fourth-order valence-electron chi connectivity index (χ4n) is 3.38. The number of halogens is 1. The number of fused-ring (bicyclic) bond motifs is 1. The Morgan fingerprint density at radius 2 is 1.56 bits per heavy atom. The largest absolute Gasteiger partial charge is 0.456 e. The van der Waals surface area contributed by atoms with Crippen LogP contribution in [0.5, 0.6) is 11.5 Å². The van der Waals surface area contributed by atoms with Gasteiger partial charge in [0.25, 0.3) is 0 Å². The van der Waals surface area contributed by atoms with Crippen molar-refractivity contribution in [3.8, 4) is 11.5 Å². The van der Waals surface area contributed by atoms with Crippen molar-refractivity contribution in [3.63, 3.8) is 0 Å². The van der Waals surface area contributed by atoms with Gasteiger partial charge in [-0.1, -0.05) is 42.0 Å². The van der Waals surface area contributed by atoms with E-state index in [1.807, 2.05) is 42.5 Å². The molecule has 1 aliphatic carbocycles. The van der Waals surface area contributed by atoms with E-state index in [1.165, 1.54) is 4.90 Å². The molecule has 0 N–H and O–H groups in total. The lowest BCUT2D eigenvalue weighted by Gasteiger charge is -2.16. The third-order valence-electron chi connectivity index (χ3n) is 4.65. The Hall–Kier alpha value is -2.59. The van der Waals surface area contributed by atoms with Gasteiger partial charge >= 0.3 is 0 Å². The molecule has 0 saturated carbocycles. The van der Waals surface area contributed by atoms with Crippen LogP contribution >= 0.6 is 11.6 Å². The van der Waals surface area contributed by atoms with Crippen molar-refractivity contribution in [2.75, 3.05) is 4.90 Å². The highest BCUT2D eigenvalue weighted by atomic mass is 35.5. The third kappa shape index (κ3) is 2.83. The minimum Gasteiger partial charge on any atom is -0.456 e. The molecule has 0 bridgehead atoms. The number of carbonyl (C=O) groups is 2. The van der Waals surface area contributed by atoms with Crippen molar-refractivity contribution in [1.29, 1.82) is 0 Å². The number of anilines is 1. The van der Waals surface area contributed by atoms with Gasteiger partial charge < -0.3 is 4.74 Å². The Bertz CT molecular complexity index is 836. The molecule has 2 atom stereocenters. The summed E-state index contributed by atoms with van der Waals surface area (Å²) in [4.78, 5) is 26.5. The van der Waals surface area contributed by atoms with E-state index in [0.717, 1.165) is 0 Å². The normalized spacial score (nSPS) is 22.2. The van der Waals surface area contributed by atoms with Crippen LogP contribution in [0.3, 0.4) is 0 Å². The number of imide groups is 1. The van der Waals surface area contributed by atoms with E-state index in [0.29, 0.717) is 35.1 Å². The van der Waals surface area contributed by atoms with E-state index in [-0.39, 0.29) is 23.7 Å². The first-order chi connectivity index (χ1) is 12.1. The number of hydrogen-bond acceptors (Lipinski definition) is 3. The van der Waals surface area contributed by atoms with Gasteiger partial charge in [0.2, 0.25) is 11.8 Å².